The van der Waals surface area contributed by atoms with E-state index < -0.39 is 11.9 Å². The van der Waals surface area contributed by atoms with E-state index in [1.54, 1.807) is 6.92 Å². The van der Waals surface area contributed by atoms with E-state index in [1.807, 2.05) is 0 Å². The Morgan fingerprint density at radius 2 is 2.36 bits per heavy atom. The predicted octanol–water partition coefficient (Wildman–Crippen LogP) is 0.374. The van der Waals surface area contributed by atoms with Crippen molar-refractivity contribution < 1.29 is 14.3 Å². The molecule has 1 heterocycles. The zero-order valence-corrected chi connectivity index (χ0v) is 9.05. The van der Waals surface area contributed by atoms with Crippen LogP contribution in [0.1, 0.15) is 19.8 Å². The highest BCUT2D eigenvalue weighted by Crippen LogP contribution is 2.08. The van der Waals surface area contributed by atoms with Crippen LogP contribution in [-0.4, -0.2) is 30.3 Å². The average Bonchev–Trinajstić information content (AvgIpc) is 2.69. The summed E-state index contributed by atoms with van der Waals surface area (Å²) in [5, 5.41) is 2.97. The number of carbonyl (C=O) groups excluding carboxylic acids is 2. The van der Waals surface area contributed by atoms with Crippen molar-refractivity contribution in [3.63, 3.8) is 0 Å². The van der Waals surface area contributed by atoms with Gasteiger partial charge in [0.1, 0.15) is 6.04 Å². The van der Waals surface area contributed by atoms with Crippen LogP contribution in [0.4, 0.5) is 0 Å². The number of hydrogen-bond acceptors (Lipinski definition) is 5. The second-order valence-corrected chi connectivity index (χ2v) is 3.84. The molecule has 4 nitrogen and oxygen atoms in total. The monoisotopic (exact) mass is 217 g/mol. The Bertz CT molecular complexity index is 226. The van der Waals surface area contributed by atoms with Crippen molar-refractivity contribution >= 4 is 24.6 Å². The van der Waals surface area contributed by atoms with Gasteiger partial charge in [-0.25, -0.2) is 4.79 Å². The fraction of sp³-hybridized carbons (Fsp3) is 0.778. The number of thiol groups is 1. The van der Waals surface area contributed by atoms with E-state index in [-0.39, 0.29) is 12.0 Å². The predicted molar refractivity (Wildman–Crippen MR) is 55.1 cm³/mol. The van der Waals surface area contributed by atoms with Crippen LogP contribution in [0.15, 0.2) is 0 Å². The molecule has 0 aromatic carbocycles. The number of carbonyl (C=O) groups is 2. The van der Waals surface area contributed by atoms with Gasteiger partial charge in [-0.3, -0.25) is 4.79 Å². The molecule has 0 aromatic rings. The van der Waals surface area contributed by atoms with E-state index in [9.17, 15) is 9.59 Å². The van der Waals surface area contributed by atoms with Crippen LogP contribution in [0.25, 0.3) is 0 Å². The molecule has 0 aromatic heterocycles. The second-order valence-electron chi connectivity index (χ2n) is 3.47. The van der Waals surface area contributed by atoms with Gasteiger partial charge in [-0.15, -0.1) is 0 Å². The van der Waals surface area contributed by atoms with Crippen molar-refractivity contribution in [3.05, 3.63) is 0 Å². The first-order valence-electron chi connectivity index (χ1n) is 4.75. The Morgan fingerprint density at radius 1 is 1.64 bits per heavy atom. The lowest BCUT2D eigenvalue weighted by atomic mass is 10.2. The van der Waals surface area contributed by atoms with Crippen LogP contribution >= 0.6 is 12.6 Å². The van der Waals surface area contributed by atoms with E-state index in [2.05, 4.69) is 17.9 Å². The third-order valence-electron chi connectivity index (χ3n) is 2.22. The molecule has 5 heteroatoms. The van der Waals surface area contributed by atoms with Crippen molar-refractivity contribution in [1.82, 2.24) is 5.32 Å². The van der Waals surface area contributed by atoms with Gasteiger partial charge in [0, 0.05) is 5.75 Å². The van der Waals surface area contributed by atoms with Gasteiger partial charge >= 0.3 is 11.9 Å². The van der Waals surface area contributed by atoms with Gasteiger partial charge in [-0.05, 0) is 19.4 Å². The molecule has 1 rings (SSSR count). The minimum Gasteiger partial charge on any atom is -0.392 e. The summed E-state index contributed by atoms with van der Waals surface area (Å²) in [5.41, 5.74) is 0. The molecule has 0 spiro atoms. The first kappa shape index (κ1) is 11.5. The van der Waals surface area contributed by atoms with Gasteiger partial charge in [0.2, 0.25) is 0 Å². The smallest absolute Gasteiger partial charge is 0.330 e. The molecule has 14 heavy (non-hydrogen) atoms. The van der Waals surface area contributed by atoms with E-state index in [1.165, 1.54) is 0 Å². The highest BCUT2D eigenvalue weighted by molar-refractivity contribution is 7.80. The van der Waals surface area contributed by atoms with Gasteiger partial charge in [-0.2, -0.15) is 12.6 Å². The average molecular weight is 217 g/mol. The van der Waals surface area contributed by atoms with Crippen LogP contribution in [0, 0.1) is 5.92 Å². The van der Waals surface area contributed by atoms with E-state index >= 15 is 0 Å². The van der Waals surface area contributed by atoms with Gasteiger partial charge in [0.25, 0.3) is 0 Å². The summed E-state index contributed by atoms with van der Waals surface area (Å²) in [6.07, 6.45) is 1.71. The molecule has 0 saturated carbocycles. The maximum Gasteiger partial charge on any atom is 0.330 e. The number of nitrogens with one attached hydrogen (secondary N) is 1. The molecule has 0 unspecified atom stereocenters. The van der Waals surface area contributed by atoms with Gasteiger partial charge < -0.3 is 10.1 Å². The molecule has 0 amide bonds. The number of hydrogen-bond donors (Lipinski definition) is 2. The summed E-state index contributed by atoms with van der Waals surface area (Å²) in [5.74, 6) is -0.881. The first-order chi connectivity index (χ1) is 6.65. The standard InChI is InChI=1S/C9H15NO3S/c1-6(5-14)8(11)13-9(12)7-3-2-4-10-7/h6-7,10,14H,2-5H2,1H3/t6-,7+/m1/s1. The van der Waals surface area contributed by atoms with Crippen molar-refractivity contribution in [1.29, 1.82) is 0 Å². The molecule has 2 atom stereocenters. The topological polar surface area (TPSA) is 55.4 Å². The van der Waals surface area contributed by atoms with Gasteiger partial charge in [-0.1, -0.05) is 6.92 Å². The molecule has 1 fully saturated rings. The van der Waals surface area contributed by atoms with Crippen LogP contribution in [0.2, 0.25) is 0 Å². The minimum absolute atomic E-state index is 0.300. The van der Waals surface area contributed by atoms with Crippen LogP contribution in [0.3, 0.4) is 0 Å². The number of rotatable bonds is 3. The molecular weight excluding hydrogens is 202 g/mol. The van der Waals surface area contributed by atoms with Crippen molar-refractivity contribution in [2.45, 2.75) is 25.8 Å². The Labute approximate surface area is 88.8 Å². The zero-order chi connectivity index (χ0) is 10.6. The fourth-order valence-corrected chi connectivity index (χ4v) is 1.38. The molecule has 0 radical (unpaired) electrons. The third-order valence-corrected chi connectivity index (χ3v) is 2.77. The number of ether oxygens (including phenoxy) is 1. The third kappa shape index (κ3) is 2.99. The summed E-state index contributed by atoms with van der Waals surface area (Å²) >= 11 is 3.96. The SMILES string of the molecule is C[C@H](CS)C(=O)OC(=O)[C@@H]1CCCN1. The van der Waals surface area contributed by atoms with Crippen LogP contribution in [-0.2, 0) is 14.3 Å². The van der Waals surface area contributed by atoms with Crippen molar-refractivity contribution in [3.8, 4) is 0 Å². The molecular formula is C9H15NO3S. The van der Waals surface area contributed by atoms with Gasteiger partial charge in [0.05, 0.1) is 5.92 Å². The Kier molecular flexibility index (Phi) is 4.41. The molecule has 1 aliphatic heterocycles. The summed E-state index contributed by atoms with van der Waals surface area (Å²) in [6.45, 7) is 2.50. The molecule has 0 bridgehead atoms. The maximum absolute atomic E-state index is 11.3. The summed E-state index contributed by atoms with van der Waals surface area (Å²) < 4.78 is 4.70. The van der Waals surface area contributed by atoms with Crippen molar-refractivity contribution in [2.24, 2.45) is 5.92 Å². The molecule has 80 valence electrons. The lowest BCUT2D eigenvalue weighted by molar-refractivity contribution is -0.163. The second kappa shape index (κ2) is 5.36. The fourth-order valence-electron chi connectivity index (χ4n) is 1.23. The lowest BCUT2D eigenvalue weighted by Gasteiger charge is -2.11. The van der Waals surface area contributed by atoms with E-state index in [0.29, 0.717) is 5.75 Å². The zero-order valence-electron chi connectivity index (χ0n) is 8.16. The molecule has 1 saturated heterocycles. The Balaban J connectivity index is 2.35. The normalized spacial score (nSPS) is 23.1. The van der Waals surface area contributed by atoms with E-state index in [0.717, 1.165) is 19.4 Å². The summed E-state index contributed by atoms with van der Waals surface area (Å²) in [6, 6.07) is -0.300. The minimum atomic E-state index is -0.487. The molecule has 1 N–H and O–H groups in total. The highest BCUT2D eigenvalue weighted by Gasteiger charge is 2.26. The largest absolute Gasteiger partial charge is 0.392 e. The molecule has 0 aliphatic carbocycles. The summed E-state index contributed by atoms with van der Waals surface area (Å²) in [7, 11) is 0. The Hall–Kier alpha value is -0.550. The lowest BCUT2D eigenvalue weighted by Crippen LogP contribution is -2.35. The quantitative estimate of drug-likeness (QED) is 0.407. The van der Waals surface area contributed by atoms with Crippen LogP contribution in [0.5, 0.6) is 0 Å². The molecule has 1 aliphatic rings. The van der Waals surface area contributed by atoms with E-state index in [4.69, 9.17) is 4.74 Å². The first-order valence-corrected chi connectivity index (χ1v) is 5.38. The highest BCUT2D eigenvalue weighted by atomic mass is 32.1. The maximum atomic E-state index is 11.3. The van der Waals surface area contributed by atoms with Crippen LogP contribution < -0.4 is 5.32 Å². The van der Waals surface area contributed by atoms with Crippen molar-refractivity contribution in [2.75, 3.05) is 12.3 Å². The van der Waals surface area contributed by atoms with Gasteiger partial charge in [0.15, 0.2) is 0 Å². The Morgan fingerprint density at radius 3 is 2.86 bits per heavy atom. The summed E-state index contributed by atoms with van der Waals surface area (Å²) in [4.78, 5) is 22.6. The number of esters is 2.